The fourth-order valence-electron chi connectivity index (χ4n) is 2.53. The molecule has 0 aliphatic rings. The van der Waals surface area contributed by atoms with Crippen LogP contribution in [0.1, 0.15) is 11.1 Å². The molecule has 0 fully saturated rings. The van der Waals surface area contributed by atoms with Crippen molar-refractivity contribution in [2.24, 2.45) is 4.99 Å². The number of ether oxygens (including phenoxy) is 3. The predicted molar refractivity (Wildman–Crippen MR) is 110 cm³/mol. The second-order valence-electron chi connectivity index (χ2n) is 5.85. The fraction of sp³-hybridized carbons (Fsp3) is 0.136. The molecule has 0 spiro atoms. The van der Waals surface area contributed by atoms with Gasteiger partial charge in [-0.1, -0.05) is 23.7 Å². The zero-order chi connectivity index (χ0) is 19.2. The molecule has 0 saturated heterocycles. The molecule has 0 aliphatic carbocycles. The van der Waals surface area contributed by atoms with Gasteiger partial charge in [-0.2, -0.15) is 0 Å². The zero-order valence-electron chi connectivity index (χ0n) is 15.4. The topological polar surface area (TPSA) is 40.0 Å². The molecule has 5 heteroatoms. The first-order chi connectivity index (χ1) is 13.1. The second kappa shape index (κ2) is 8.60. The van der Waals surface area contributed by atoms with E-state index in [4.69, 9.17) is 25.8 Å². The molecule has 0 unspecified atom stereocenters. The average Bonchev–Trinajstić information content (AvgIpc) is 2.69. The standard InChI is InChI=1S/C22H20ClNO3/c1-15-12-21(25-2)22(26-3)13-16(15)14-24-17-8-10-18(11-9-17)27-20-7-5-4-6-19(20)23/h4-14H,1-3H3. The van der Waals surface area contributed by atoms with Crippen molar-refractivity contribution in [1.82, 2.24) is 0 Å². The summed E-state index contributed by atoms with van der Waals surface area (Å²) in [6.45, 7) is 2.00. The minimum absolute atomic E-state index is 0.573. The molecule has 3 aromatic rings. The Morgan fingerprint density at radius 2 is 1.52 bits per heavy atom. The second-order valence-corrected chi connectivity index (χ2v) is 6.26. The van der Waals surface area contributed by atoms with E-state index in [2.05, 4.69) is 4.99 Å². The lowest BCUT2D eigenvalue weighted by atomic mass is 10.1. The Kier molecular flexibility index (Phi) is 5.99. The lowest BCUT2D eigenvalue weighted by Crippen LogP contribution is -1.95. The van der Waals surface area contributed by atoms with E-state index in [-0.39, 0.29) is 0 Å². The van der Waals surface area contributed by atoms with Crippen LogP contribution in [0.5, 0.6) is 23.0 Å². The summed E-state index contributed by atoms with van der Waals surface area (Å²) < 4.78 is 16.5. The highest BCUT2D eigenvalue weighted by Gasteiger charge is 2.07. The summed E-state index contributed by atoms with van der Waals surface area (Å²) in [6.07, 6.45) is 1.81. The summed E-state index contributed by atoms with van der Waals surface area (Å²) in [5, 5.41) is 0.573. The van der Waals surface area contributed by atoms with Crippen molar-refractivity contribution in [2.45, 2.75) is 6.92 Å². The number of aliphatic imine (C=N–C) groups is 1. The molecule has 0 bridgehead atoms. The van der Waals surface area contributed by atoms with Crippen molar-refractivity contribution in [1.29, 1.82) is 0 Å². The maximum absolute atomic E-state index is 6.12. The molecule has 0 aliphatic heterocycles. The molecule has 4 nitrogen and oxygen atoms in total. The average molecular weight is 382 g/mol. The highest BCUT2D eigenvalue weighted by Crippen LogP contribution is 2.31. The molecular formula is C22H20ClNO3. The first-order valence-electron chi connectivity index (χ1n) is 8.40. The predicted octanol–water partition coefficient (Wildman–Crippen LogP) is 6.21. The van der Waals surface area contributed by atoms with Crippen LogP contribution in [0.15, 0.2) is 65.7 Å². The summed E-state index contributed by atoms with van der Waals surface area (Å²) in [5.41, 5.74) is 2.83. The smallest absolute Gasteiger partial charge is 0.161 e. The van der Waals surface area contributed by atoms with Crippen LogP contribution in [-0.2, 0) is 0 Å². The van der Waals surface area contributed by atoms with Crippen LogP contribution in [0.4, 0.5) is 5.69 Å². The van der Waals surface area contributed by atoms with Crippen LogP contribution in [0.25, 0.3) is 0 Å². The van der Waals surface area contributed by atoms with Crippen molar-refractivity contribution in [3.05, 3.63) is 76.8 Å². The number of rotatable bonds is 6. The molecular weight excluding hydrogens is 362 g/mol. The van der Waals surface area contributed by atoms with Crippen molar-refractivity contribution in [3.8, 4) is 23.0 Å². The molecule has 0 heterocycles. The van der Waals surface area contributed by atoms with E-state index in [1.165, 1.54) is 0 Å². The molecule has 3 aromatic carbocycles. The van der Waals surface area contributed by atoms with Gasteiger partial charge in [-0.3, -0.25) is 4.99 Å². The largest absolute Gasteiger partial charge is 0.493 e. The van der Waals surface area contributed by atoms with E-state index in [0.29, 0.717) is 28.0 Å². The monoisotopic (exact) mass is 381 g/mol. The lowest BCUT2D eigenvalue weighted by Gasteiger charge is -2.10. The van der Waals surface area contributed by atoms with Crippen LogP contribution in [0.3, 0.4) is 0 Å². The number of para-hydroxylation sites is 1. The van der Waals surface area contributed by atoms with Gasteiger partial charge in [-0.05, 0) is 66.6 Å². The third-order valence-electron chi connectivity index (χ3n) is 4.03. The van der Waals surface area contributed by atoms with Gasteiger partial charge in [0.25, 0.3) is 0 Å². The van der Waals surface area contributed by atoms with Crippen molar-refractivity contribution in [2.75, 3.05) is 14.2 Å². The van der Waals surface area contributed by atoms with Gasteiger partial charge in [0.1, 0.15) is 11.5 Å². The highest BCUT2D eigenvalue weighted by atomic mass is 35.5. The number of hydrogen-bond donors (Lipinski definition) is 0. The summed E-state index contributed by atoms with van der Waals surface area (Å²) >= 11 is 6.12. The molecule has 0 aromatic heterocycles. The van der Waals surface area contributed by atoms with Crippen LogP contribution in [0.2, 0.25) is 5.02 Å². The summed E-state index contributed by atoms with van der Waals surface area (Å²) in [6, 6.07) is 18.7. The van der Waals surface area contributed by atoms with Crippen LogP contribution >= 0.6 is 11.6 Å². The number of methoxy groups -OCH3 is 2. The first-order valence-corrected chi connectivity index (χ1v) is 8.77. The van der Waals surface area contributed by atoms with Gasteiger partial charge >= 0.3 is 0 Å². The van der Waals surface area contributed by atoms with Gasteiger partial charge in [0.15, 0.2) is 11.5 Å². The maximum Gasteiger partial charge on any atom is 0.161 e. The third kappa shape index (κ3) is 4.60. The molecule has 27 heavy (non-hydrogen) atoms. The summed E-state index contributed by atoms with van der Waals surface area (Å²) in [5.74, 6) is 2.70. The fourth-order valence-corrected chi connectivity index (χ4v) is 2.71. The van der Waals surface area contributed by atoms with E-state index in [1.54, 1.807) is 26.5 Å². The van der Waals surface area contributed by atoms with E-state index in [9.17, 15) is 0 Å². The molecule has 0 atom stereocenters. The van der Waals surface area contributed by atoms with E-state index in [0.717, 1.165) is 16.8 Å². The van der Waals surface area contributed by atoms with Gasteiger partial charge in [0, 0.05) is 6.21 Å². The number of hydrogen-bond acceptors (Lipinski definition) is 4. The normalized spacial score (nSPS) is 10.8. The minimum atomic E-state index is 0.573. The molecule has 138 valence electrons. The Balaban J connectivity index is 1.76. The van der Waals surface area contributed by atoms with Gasteiger partial charge in [0.05, 0.1) is 24.9 Å². The summed E-state index contributed by atoms with van der Waals surface area (Å²) in [4.78, 5) is 4.53. The van der Waals surface area contributed by atoms with Gasteiger partial charge < -0.3 is 14.2 Å². The van der Waals surface area contributed by atoms with Crippen LogP contribution in [0, 0.1) is 6.92 Å². The molecule has 0 radical (unpaired) electrons. The molecule has 3 rings (SSSR count). The number of nitrogens with zero attached hydrogens (tertiary/aromatic N) is 1. The first kappa shape index (κ1) is 18.8. The van der Waals surface area contributed by atoms with Crippen molar-refractivity contribution >= 4 is 23.5 Å². The van der Waals surface area contributed by atoms with Gasteiger partial charge in [0.2, 0.25) is 0 Å². The number of benzene rings is 3. The zero-order valence-corrected chi connectivity index (χ0v) is 16.2. The maximum atomic E-state index is 6.12. The number of halogens is 1. The van der Waals surface area contributed by atoms with Crippen LogP contribution in [-0.4, -0.2) is 20.4 Å². The van der Waals surface area contributed by atoms with E-state index < -0.39 is 0 Å². The lowest BCUT2D eigenvalue weighted by molar-refractivity contribution is 0.354. The Hall–Kier alpha value is -2.98. The summed E-state index contributed by atoms with van der Waals surface area (Å²) in [7, 11) is 3.24. The third-order valence-corrected chi connectivity index (χ3v) is 4.34. The van der Waals surface area contributed by atoms with E-state index >= 15 is 0 Å². The van der Waals surface area contributed by atoms with Gasteiger partial charge in [-0.25, -0.2) is 0 Å². The number of aryl methyl sites for hydroxylation is 1. The molecule has 0 amide bonds. The SMILES string of the molecule is COc1cc(C)c(C=Nc2ccc(Oc3ccccc3Cl)cc2)cc1OC. The van der Waals surface area contributed by atoms with E-state index in [1.807, 2.05) is 61.5 Å². The Morgan fingerprint density at radius 3 is 2.19 bits per heavy atom. The van der Waals surface area contributed by atoms with Crippen molar-refractivity contribution in [3.63, 3.8) is 0 Å². The van der Waals surface area contributed by atoms with Crippen molar-refractivity contribution < 1.29 is 14.2 Å². The molecule has 0 saturated carbocycles. The van der Waals surface area contributed by atoms with Gasteiger partial charge in [-0.15, -0.1) is 0 Å². The molecule has 0 N–H and O–H groups in total. The van der Waals surface area contributed by atoms with Crippen LogP contribution < -0.4 is 14.2 Å². The quantitative estimate of drug-likeness (QED) is 0.476. The Morgan fingerprint density at radius 1 is 0.852 bits per heavy atom. The minimum Gasteiger partial charge on any atom is -0.493 e. The highest BCUT2D eigenvalue weighted by molar-refractivity contribution is 6.32. The Labute approximate surface area is 164 Å². The Bertz CT molecular complexity index is 952.